The van der Waals surface area contributed by atoms with Gasteiger partial charge in [0.05, 0.1) is 25.5 Å². The fraction of sp³-hybridized carbons (Fsp3) is 0.500. The topological polar surface area (TPSA) is 149 Å². The van der Waals surface area contributed by atoms with Gasteiger partial charge in [-0.05, 0) is 61.6 Å². The van der Waals surface area contributed by atoms with Crippen molar-refractivity contribution in [2.75, 3.05) is 7.11 Å². The highest BCUT2D eigenvalue weighted by Gasteiger charge is 2.43. The van der Waals surface area contributed by atoms with Gasteiger partial charge in [-0.15, -0.1) is 0 Å². The predicted octanol–water partition coefficient (Wildman–Crippen LogP) is 3.97. The Morgan fingerprint density at radius 1 is 1.07 bits per heavy atom. The van der Waals surface area contributed by atoms with Gasteiger partial charge in [0.1, 0.15) is 11.7 Å². The average molecular weight is 618 g/mol. The van der Waals surface area contributed by atoms with Crippen molar-refractivity contribution in [3.63, 3.8) is 0 Å². The van der Waals surface area contributed by atoms with Gasteiger partial charge in [-0.25, -0.2) is 9.78 Å². The quantitative estimate of drug-likeness (QED) is 0.259. The van der Waals surface area contributed by atoms with E-state index < -0.39 is 42.7 Å². The van der Waals surface area contributed by atoms with Crippen molar-refractivity contribution in [1.82, 2.24) is 25.4 Å². The van der Waals surface area contributed by atoms with Crippen molar-refractivity contribution in [3.05, 3.63) is 48.0 Å². The van der Waals surface area contributed by atoms with E-state index in [9.17, 15) is 32.7 Å². The number of carbonyl (C=O) groups is 3. The Labute approximate surface area is 251 Å². The Morgan fingerprint density at radius 3 is 2.32 bits per heavy atom. The van der Waals surface area contributed by atoms with Crippen LogP contribution in [0.25, 0.3) is 22.7 Å². The molecule has 2 aliphatic rings. The minimum atomic E-state index is -4.90. The highest BCUT2D eigenvalue weighted by atomic mass is 19.4. The molecule has 2 heterocycles. The lowest BCUT2D eigenvalue weighted by Gasteiger charge is -2.19. The van der Waals surface area contributed by atoms with Gasteiger partial charge < -0.3 is 24.9 Å². The molecule has 11 nitrogen and oxygen atoms in total. The van der Waals surface area contributed by atoms with E-state index in [4.69, 9.17) is 9.15 Å². The number of amides is 2. The molecule has 2 atom stereocenters. The summed E-state index contributed by atoms with van der Waals surface area (Å²) < 4.78 is 51.0. The summed E-state index contributed by atoms with van der Waals surface area (Å²) in [6.07, 6.45) is -2.41. The van der Waals surface area contributed by atoms with E-state index in [-0.39, 0.29) is 35.0 Å². The van der Waals surface area contributed by atoms with E-state index in [1.165, 1.54) is 19.4 Å². The lowest BCUT2D eigenvalue weighted by molar-refractivity contribution is -0.208. The Balaban J connectivity index is 1.39. The first-order valence-corrected chi connectivity index (χ1v) is 14.4. The van der Waals surface area contributed by atoms with Crippen molar-refractivity contribution in [1.29, 1.82) is 0 Å². The van der Waals surface area contributed by atoms with Crippen molar-refractivity contribution >= 4 is 17.8 Å². The molecule has 5 rings (SSSR count). The van der Waals surface area contributed by atoms with Crippen LogP contribution in [-0.2, 0) is 16.1 Å². The summed E-state index contributed by atoms with van der Waals surface area (Å²) >= 11 is 0. The van der Waals surface area contributed by atoms with Crippen LogP contribution in [0.3, 0.4) is 0 Å². The molecule has 2 unspecified atom stereocenters. The fourth-order valence-corrected chi connectivity index (χ4v) is 5.06. The van der Waals surface area contributed by atoms with Crippen LogP contribution in [0.4, 0.5) is 13.2 Å². The smallest absolute Gasteiger partial charge is 0.416 e. The van der Waals surface area contributed by atoms with Crippen molar-refractivity contribution in [2.24, 2.45) is 17.8 Å². The number of hydrogen-bond acceptors (Lipinski definition) is 8. The number of aliphatic hydroxyl groups excluding tert-OH is 1. The molecule has 0 spiro atoms. The summed E-state index contributed by atoms with van der Waals surface area (Å²) in [5.41, 5.74) is 0.962. The van der Waals surface area contributed by atoms with Gasteiger partial charge in [-0.2, -0.15) is 18.3 Å². The number of nitrogens with zero attached hydrogens (tertiary/aromatic N) is 3. The molecule has 3 N–H and O–H groups in total. The number of rotatable bonds is 12. The highest BCUT2D eigenvalue weighted by Crippen LogP contribution is 2.44. The summed E-state index contributed by atoms with van der Waals surface area (Å²) in [6.45, 7) is 2.54. The molecule has 14 heteroatoms. The largest absolute Gasteiger partial charge is 0.467 e. The van der Waals surface area contributed by atoms with Crippen LogP contribution in [0.15, 0.2) is 40.9 Å². The molecule has 0 aliphatic heterocycles. The first-order valence-electron chi connectivity index (χ1n) is 14.4. The van der Waals surface area contributed by atoms with Crippen molar-refractivity contribution < 1.29 is 41.8 Å². The predicted molar refractivity (Wildman–Crippen MR) is 150 cm³/mol. The molecule has 236 valence electrons. The van der Waals surface area contributed by atoms with E-state index in [0.29, 0.717) is 23.0 Å². The molecule has 2 aromatic heterocycles. The number of carbonyl (C=O) groups excluding carboxylic acids is 3. The zero-order valence-corrected chi connectivity index (χ0v) is 24.4. The molecule has 44 heavy (non-hydrogen) atoms. The van der Waals surface area contributed by atoms with Crippen LogP contribution >= 0.6 is 0 Å². The van der Waals surface area contributed by atoms with Crippen molar-refractivity contribution in [2.45, 2.75) is 70.4 Å². The second-order valence-corrected chi connectivity index (χ2v) is 11.7. The molecule has 2 fully saturated rings. The molecule has 0 bridgehead atoms. The SMILES string of the molecule is COC(=O)C(NC(=O)c1cnc(-c2cccc(-c3cc(C(=O)NC(C4CC4)C4CC4)n(CC(O)C(F)(F)F)n3)c2)o1)C(C)C. The van der Waals surface area contributed by atoms with Gasteiger partial charge in [0.15, 0.2) is 6.10 Å². The van der Waals surface area contributed by atoms with Gasteiger partial charge in [-0.3, -0.25) is 14.3 Å². The van der Waals surface area contributed by atoms with Gasteiger partial charge in [0.2, 0.25) is 11.7 Å². The molecule has 2 amide bonds. The first kappa shape index (κ1) is 31.2. The number of oxazole rings is 1. The lowest BCUT2D eigenvalue weighted by atomic mass is 10.0. The van der Waals surface area contributed by atoms with Crippen LogP contribution in [0, 0.1) is 17.8 Å². The minimum absolute atomic E-state index is 0.0370. The van der Waals surface area contributed by atoms with E-state index in [0.717, 1.165) is 30.4 Å². The number of esters is 1. The third-order valence-corrected chi connectivity index (χ3v) is 7.84. The molecule has 1 aromatic carbocycles. The van der Waals surface area contributed by atoms with E-state index >= 15 is 0 Å². The molecule has 2 saturated carbocycles. The Morgan fingerprint density at radius 2 is 1.73 bits per heavy atom. The number of benzene rings is 1. The Bertz CT molecular complexity index is 1510. The molecular formula is C30H34F3N5O6. The summed E-state index contributed by atoms with van der Waals surface area (Å²) in [5.74, 6) is -1.42. The molecule has 0 radical (unpaired) electrons. The van der Waals surface area contributed by atoms with Crippen LogP contribution < -0.4 is 10.6 Å². The van der Waals surface area contributed by atoms with E-state index in [1.54, 1.807) is 38.1 Å². The standard InChI is InChI=1S/C30H34F3N5O6/c1-15(2)24(29(42)43-3)35-27(41)22-13-34-28(44-22)19-6-4-5-18(11-19)20-12-21(38(37-20)14-23(39)30(31,32)33)26(40)36-25(16-7-8-16)17-9-10-17/h4-6,11-13,15-17,23-25,39H,7-10,14H2,1-3H3,(H,35,41)(H,36,40). The molecular weight excluding hydrogens is 583 g/mol. The summed E-state index contributed by atoms with van der Waals surface area (Å²) in [6, 6.07) is 6.99. The summed E-state index contributed by atoms with van der Waals surface area (Å²) in [4.78, 5) is 42.3. The first-order chi connectivity index (χ1) is 20.8. The zero-order chi connectivity index (χ0) is 31.8. The van der Waals surface area contributed by atoms with Crippen LogP contribution in [0.2, 0.25) is 0 Å². The number of aromatic nitrogens is 3. The number of alkyl halides is 3. The van der Waals surface area contributed by atoms with Crippen LogP contribution in [-0.4, -0.2) is 69.1 Å². The maximum atomic E-state index is 13.3. The second kappa shape index (κ2) is 12.4. The molecule has 3 aromatic rings. The monoisotopic (exact) mass is 617 g/mol. The van der Waals surface area contributed by atoms with Crippen LogP contribution in [0.5, 0.6) is 0 Å². The zero-order valence-electron chi connectivity index (χ0n) is 24.4. The lowest BCUT2D eigenvalue weighted by Crippen LogP contribution is -2.44. The summed E-state index contributed by atoms with van der Waals surface area (Å²) in [5, 5.41) is 19.6. The third kappa shape index (κ3) is 7.12. The number of ether oxygens (including phenoxy) is 1. The summed E-state index contributed by atoms with van der Waals surface area (Å²) in [7, 11) is 1.22. The van der Waals surface area contributed by atoms with Crippen LogP contribution in [0.1, 0.15) is 60.6 Å². The molecule has 0 saturated heterocycles. The van der Waals surface area contributed by atoms with Crippen molar-refractivity contribution in [3.8, 4) is 22.7 Å². The highest BCUT2D eigenvalue weighted by molar-refractivity contribution is 5.95. The van der Waals surface area contributed by atoms with E-state index in [1.807, 2.05) is 0 Å². The van der Waals surface area contributed by atoms with Gasteiger partial charge in [0.25, 0.3) is 11.8 Å². The number of methoxy groups -OCH3 is 1. The maximum Gasteiger partial charge on any atom is 0.416 e. The minimum Gasteiger partial charge on any atom is -0.467 e. The van der Waals surface area contributed by atoms with E-state index in [2.05, 4.69) is 20.7 Å². The van der Waals surface area contributed by atoms with Gasteiger partial charge in [0, 0.05) is 17.2 Å². The Hall–Kier alpha value is -4.20. The average Bonchev–Trinajstić information content (AvgIpc) is 3.92. The second-order valence-electron chi connectivity index (χ2n) is 11.7. The number of aliphatic hydroxyl groups is 1. The number of halogens is 3. The molecule has 2 aliphatic carbocycles. The maximum absolute atomic E-state index is 13.3. The fourth-order valence-electron chi connectivity index (χ4n) is 5.06. The van der Waals surface area contributed by atoms with Gasteiger partial charge >= 0.3 is 12.1 Å². The normalized spacial score (nSPS) is 16.6. The van der Waals surface area contributed by atoms with Gasteiger partial charge in [-0.1, -0.05) is 26.0 Å². The number of hydrogen-bond donors (Lipinski definition) is 3. The number of nitrogens with one attached hydrogen (secondary N) is 2. The third-order valence-electron chi connectivity index (χ3n) is 7.84. The Kier molecular flexibility index (Phi) is 8.82.